The van der Waals surface area contributed by atoms with Gasteiger partial charge in [-0.25, -0.2) is 0 Å². The summed E-state index contributed by atoms with van der Waals surface area (Å²) in [5.74, 6) is -0.704. The fraction of sp³-hybridized carbons (Fsp3) is 0.909. The predicted octanol–water partition coefficient (Wildman–Crippen LogP) is 2.88. The van der Waals surface area contributed by atoms with Gasteiger partial charge in [0.2, 0.25) is 0 Å². The summed E-state index contributed by atoms with van der Waals surface area (Å²) in [5.41, 5.74) is 0. The molecule has 0 radical (unpaired) electrons. The van der Waals surface area contributed by atoms with E-state index in [-0.39, 0.29) is 6.42 Å². The number of hydrogen-bond donors (Lipinski definition) is 3. The highest BCUT2D eigenvalue weighted by molar-refractivity contribution is 7.45. The average molecular weight is 250 g/mol. The zero-order valence-corrected chi connectivity index (χ0v) is 10.7. The van der Waals surface area contributed by atoms with E-state index in [9.17, 15) is 4.79 Å². The van der Waals surface area contributed by atoms with E-state index in [1.165, 1.54) is 6.42 Å². The molecular formula is C11H23O4P. The second-order valence-corrected chi connectivity index (χ2v) is 5.26. The first-order valence-corrected chi connectivity index (χ1v) is 7.43. The summed E-state index contributed by atoms with van der Waals surface area (Å²) in [7, 11) is -1.69. The van der Waals surface area contributed by atoms with Crippen molar-refractivity contribution in [1.82, 2.24) is 0 Å². The van der Waals surface area contributed by atoms with Crippen LogP contribution in [0.3, 0.4) is 0 Å². The van der Waals surface area contributed by atoms with Crippen LogP contribution < -0.4 is 0 Å². The van der Waals surface area contributed by atoms with E-state index in [0.717, 1.165) is 44.9 Å². The quantitative estimate of drug-likeness (QED) is 0.389. The fourth-order valence-electron chi connectivity index (χ4n) is 1.59. The van der Waals surface area contributed by atoms with E-state index < -0.39 is 14.3 Å². The maximum Gasteiger partial charge on any atom is 0.303 e. The van der Waals surface area contributed by atoms with Crippen molar-refractivity contribution in [2.45, 2.75) is 57.8 Å². The molecule has 0 heterocycles. The van der Waals surface area contributed by atoms with Crippen LogP contribution in [0.5, 0.6) is 0 Å². The monoisotopic (exact) mass is 250 g/mol. The van der Waals surface area contributed by atoms with Crippen LogP contribution >= 0.6 is 8.38 Å². The molecule has 0 aliphatic rings. The Labute approximate surface area is 98.6 Å². The largest absolute Gasteiger partial charge is 0.481 e. The molecule has 0 aromatic rings. The maximum atomic E-state index is 10.2. The summed E-state index contributed by atoms with van der Waals surface area (Å²) in [6.07, 6.45) is 9.16. The number of unbranched alkanes of at least 4 members (excludes halogenated alkanes) is 7. The van der Waals surface area contributed by atoms with Gasteiger partial charge in [-0.3, -0.25) is 4.79 Å². The topological polar surface area (TPSA) is 77.8 Å². The van der Waals surface area contributed by atoms with E-state index in [0.29, 0.717) is 6.16 Å². The van der Waals surface area contributed by atoms with E-state index in [2.05, 4.69) is 0 Å². The van der Waals surface area contributed by atoms with Crippen LogP contribution in [0, 0.1) is 0 Å². The third-order valence-corrected chi connectivity index (χ3v) is 3.21. The number of rotatable bonds is 11. The van der Waals surface area contributed by atoms with Crippen molar-refractivity contribution < 1.29 is 19.7 Å². The molecule has 0 bridgehead atoms. The Hall–Kier alpha value is -0.180. The lowest BCUT2D eigenvalue weighted by molar-refractivity contribution is -0.137. The standard InChI is InChI=1S/C11H23O4P/c12-11(13)9-7-5-3-1-2-4-6-8-10-16(14)15/h14-15H,1-10H2,(H,12,13). The van der Waals surface area contributed by atoms with Crippen LogP contribution in [0.2, 0.25) is 0 Å². The zero-order valence-electron chi connectivity index (χ0n) is 9.77. The molecule has 0 aromatic heterocycles. The van der Waals surface area contributed by atoms with Crippen molar-refractivity contribution in [3.05, 3.63) is 0 Å². The van der Waals surface area contributed by atoms with Gasteiger partial charge < -0.3 is 14.9 Å². The molecule has 96 valence electrons. The fourth-order valence-corrected chi connectivity index (χ4v) is 2.10. The first kappa shape index (κ1) is 15.8. The van der Waals surface area contributed by atoms with Gasteiger partial charge in [-0.05, 0) is 12.8 Å². The zero-order chi connectivity index (χ0) is 12.2. The molecular weight excluding hydrogens is 227 g/mol. The van der Waals surface area contributed by atoms with Crippen molar-refractivity contribution in [3.8, 4) is 0 Å². The highest BCUT2D eigenvalue weighted by atomic mass is 31.2. The summed E-state index contributed by atoms with van der Waals surface area (Å²) < 4.78 is 0. The van der Waals surface area contributed by atoms with Crippen LogP contribution in [0.25, 0.3) is 0 Å². The highest BCUT2D eigenvalue weighted by Gasteiger charge is 1.98. The summed E-state index contributed by atoms with van der Waals surface area (Å²) in [4.78, 5) is 27.6. The van der Waals surface area contributed by atoms with Crippen molar-refractivity contribution in [2.24, 2.45) is 0 Å². The Balaban J connectivity index is 2.96. The maximum absolute atomic E-state index is 10.2. The summed E-state index contributed by atoms with van der Waals surface area (Å²) in [5, 5.41) is 8.42. The number of carboxylic acid groups (broad SMARTS) is 1. The average Bonchev–Trinajstić information content (AvgIpc) is 2.20. The normalized spacial score (nSPS) is 10.9. The van der Waals surface area contributed by atoms with E-state index >= 15 is 0 Å². The molecule has 0 aliphatic carbocycles. The molecule has 0 aromatic carbocycles. The lowest BCUT2D eigenvalue weighted by Crippen LogP contribution is -1.93. The molecule has 0 unspecified atom stereocenters. The van der Waals surface area contributed by atoms with Gasteiger partial charge in [0.15, 0.2) is 8.38 Å². The van der Waals surface area contributed by atoms with Crippen LogP contribution in [-0.2, 0) is 4.79 Å². The van der Waals surface area contributed by atoms with E-state index in [4.69, 9.17) is 14.9 Å². The Morgan fingerprint density at radius 2 is 1.25 bits per heavy atom. The minimum absolute atomic E-state index is 0.288. The lowest BCUT2D eigenvalue weighted by atomic mass is 10.1. The van der Waals surface area contributed by atoms with Gasteiger partial charge in [-0.2, -0.15) is 0 Å². The lowest BCUT2D eigenvalue weighted by Gasteiger charge is -2.02. The van der Waals surface area contributed by atoms with Crippen LogP contribution in [0.4, 0.5) is 0 Å². The molecule has 0 aliphatic heterocycles. The Bertz CT molecular complexity index is 173. The van der Waals surface area contributed by atoms with Gasteiger partial charge in [0.25, 0.3) is 0 Å². The summed E-state index contributed by atoms with van der Waals surface area (Å²) in [6.45, 7) is 0. The molecule has 3 N–H and O–H groups in total. The van der Waals surface area contributed by atoms with E-state index in [1.54, 1.807) is 0 Å². The van der Waals surface area contributed by atoms with Gasteiger partial charge >= 0.3 is 5.97 Å². The summed E-state index contributed by atoms with van der Waals surface area (Å²) >= 11 is 0. The number of hydrogen-bond acceptors (Lipinski definition) is 3. The Morgan fingerprint density at radius 1 is 0.812 bits per heavy atom. The van der Waals surface area contributed by atoms with Crippen molar-refractivity contribution in [2.75, 3.05) is 6.16 Å². The minimum atomic E-state index is -1.69. The molecule has 0 amide bonds. The minimum Gasteiger partial charge on any atom is -0.481 e. The SMILES string of the molecule is O=C(O)CCCCCCCCCCP(O)O. The van der Waals surface area contributed by atoms with Gasteiger partial charge in [0.1, 0.15) is 0 Å². The molecule has 4 nitrogen and oxygen atoms in total. The van der Waals surface area contributed by atoms with Crippen LogP contribution in [0.15, 0.2) is 0 Å². The molecule has 0 fully saturated rings. The summed E-state index contributed by atoms with van der Waals surface area (Å²) in [6, 6.07) is 0. The molecule has 0 rings (SSSR count). The second kappa shape index (κ2) is 11.3. The molecule has 0 saturated carbocycles. The van der Waals surface area contributed by atoms with Crippen LogP contribution in [0.1, 0.15) is 57.8 Å². The molecule has 0 saturated heterocycles. The number of carbonyl (C=O) groups is 1. The van der Waals surface area contributed by atoms with Crippen LogP contribution in [-0.4, -0.2) is 27.0 Å². The first-order valence-electron chi connectivity index (χ1n) is 6.00. The van der Waals surface area contributed by atoms with E-state index in [1.807, 2.05) is 0 Å². The molecule has 0 atom stereocenters. The molecule has 0 spiro atoms. The smallest absolute Gasteiger partial charge is 0.303 e. The van der Waals surface area contributed by atoms with Crippen molar-refractivity contribution in [1.29, 1.82) is 0 Å². The van der Waals surface area contributed by atoms with Gasteiger partial charge in [-0.15, -0.1) is 0 Å². The Kier molecular flexibility index (Phi) is 11.2. The third kappa shape index (κ3) is 13.8. The Morgan fingerprint density at radius 3 is 1.69 bits per heavy atom. The first-order chi connectivity index (χ1) is 7.63. The van der Waals surface area contributed by atoms with Gasteiger partial charge in [0.05, 0.1) is 0 Å². The van der Waals surface area contributed by atoms with Crippen molar-refractivity contribution >= 4 is 14.3 Å². The second-order valence-electron chi connectivity index (χ2n) is 4.07. The number of carboxylic acids is 1. The predicted molar refractivity (Wildman–Crippen MR) is 65.4 cm³/mol. The number of aliphatic carboxylic acids is 1. The van der Waals surface area contributed by atoms with Gasteiger partial charge in [0, 0.05) is 12.6 Å². The molecule has 5 heteroatoms. The van der Waals surface area contributed by atoms with Gasteiger partial charge in [-0.1, -0.05) is 38.5 Å². The molecule has 16 heavy (non-hydrogen) atoms. The highest BCUT2D eigenvalue weighted by Crippen LogP contribution is 2.24. The third-order valence-electron chi connectivity index (χ3n) is 2.50. The van der Waals surface area contributed by atoms with Crippen molar-refractivity contribution in [3.63, 3.8) is 0 Å².